The maximum absolute atomic E-state index is 11.2. The lowest BCUT2D eigenvalue weighted by Crippen LogP contribution is -2.00. The molecule has 16 nitrogen and oxygen atoms in total. The zero-order valence-corrected chi connectivity index (χ0v) is 71.2. The first kappa shape index (κ1) is 97.5. The highest BCUT2D eigenvalue weighted by atomic mass is 35.5. The fourth-order valence-electron chi connectivity index (χ4n) is 10.7. The van der Waals surface area contributed by atoms with Crippen LogP contribution in [0.15, 0.2) is 194 Å². The predicted octanol–water partition coefficient (Wildman–Crippen LogP) is 23.3. The summed E-state index contributed by atoms with van der Waals surface area (Å²) < 4.78 is 35.9. The Kier molecular flexibility index (Phi) is 43.4. The first-order chi connectivity index (χ1) is 53.3. The zero-order valence-electron chi connectivity index (χ0n) is 69.7. The van der Waals surface area contributed by atoms with Crippen LogP contribution in [0.1, 0.15) is 214 Å². The van der Waals surface area contributed by atoms with Crippen LogP contribution in [0.2, 0.25) is 10.0 Å². The molecule has 10 rings (SSSR count). The van der Waals surface area contributed by atoms with Crippen molar-refractivity contribution < 1.29 is 76.3 Å². The van der Waals surface area contributed by atoms with Crippen molar-refractivity contribution in [3.63, 3.8) is 0 Å². The average molecular weight is 1580 g/mol. The van der Waals surface area contributed by atoms with Crippen molar-refractivity contribution in [2.45, 2.75) is 132 Å². The molecule has 0 N–H and O–H groups in total. The highest BCUT2D eigenvalue weighted by Gasteiger charge is 2.16. The standard InChI is InChI=1S/C14H12O.C11H14O4.2C11H14O.C10H12O3.2C10H12O2.C10H12O.C8H6Cl2O/c1-11(15)12-7-9-14(10-8-12)13-5-3-2-4-6-13;1-7(12)8-5-9(13-2)11(15-4)10(6-8)14-3;1-7-5-11(10(4)12)6-8(2)9(7)3;1-7-5-8(2)11(10(4)12)9(3)6-7;1-7(11)8-4-9(12-2)6-10(5-8)13-3;1-3-12-10-6-4-9(5-7-10)8(2)11;1-3-12-10-6-4-5-9(7-10)8(2)11;1-7-4-8(2)6-10(5-7)9(3)11;1-5(11)7-4-6(9)2-3-8(7)10/h2-10H,1H3;5-6H,1-4H3;2*5-6H,1-4H3;4-6H,1-3H3;2*4-7H,3H2,1-2H3;4-6H,1-3H3;2-4H,1H3. The third-order valence-electron chi connectivity index (χ3n) is 16.6. The molecule has 0 saturated carbocycles. The van der Waals surface area contributed by atoms with Crippen LogP contribution in [0.3, 0.4) is 0 Å². The van der Waals surface area contributed by atoms with Crippen LogP contribution in [-0.4, -0.2) is 101 Å². The molecule has 0 fully saturated rings. The Hall–Kier alpha value is -11.6. The van der Waals surface area contributed by atoms with E-state index in [1.54, 1.807) is 141 Å². The number of halogens is 2. The van der Waals surface area contributed by atoms with Crippen LogP contribution in [-0.2, 0) is 0 Å². The quantitative estimate of drug-likeness (QED) is 0.0687. The summed E-state index contributed by atoms with van der Waals surface area (Å²) in [5, 5.41) is 0.974. The van der Waals surface area contributed by atoms with Crippen LogP contribution in [0, 0.1) is 55.4 Å². The third-order valence-corrected chi connectivity index (χ3v) is 17.2. The first-order valence-electron chi connectivity index (χ1n) is 36.2. The van der Waals surface area contributed by atoms with Gasteiger partial charge in [-0.05, 0) is 274 Å². The van der Waals surface area contributed by atoms with Gasteiger partial charge in [0.05, 0.1) is 53.8 Å². The number of hydrogen-bond donors (Lipinski definition) is 0. The second kappa shape index (κ2) is 50.3. The Morgan fingerprint density at radius 3 is 1.07 bits per heavy atom. The molecule has 0 amide bonds. The van der Waals surface area contributed by atoms with Gasteiger partial charge in [-0.15, -0.1) is 0 Å². The van der Waals surface area contributed by atoms with Gasteiger partial charge in [0.1, 0.15) is 23.0 Å². The van der Waals surface area contributed by atoms with E-state index in [1.165, 1.54) is 69.9 Å². The summed E-state index contributed by atoms with van der Waals surface area (Å²) in [6, 6.07) is 59.2. The summed E-state index contributed by atoms with van der Waals surface area (Å²) in [6.07, 6.45) is 0. The fourth-order valence-corrected chi connectivity index (χ4v) is 11.1. The van der Waals surface area contributed by atoms with E-state index in [0.29, 0.717) is 74.3 Å². The van der Waals surface area contributed by atoms with Crippen LogP contribution in [0.5, 0.6) is 40.2 Å². The number of rotatable bonds is 19. The molecule has 113 heavy (non-hydrogen) atoms. The third kappa shape index (κ3) is 34.7. The molecular weight excluding hydrogens is 1470 g/mol. The molecule has 0 aliphatic rings. The second-order valence-corrected chi connectivity index (χ2v) is 26.7. The smallest absolute Gasteiger partial charge is 0.203 e. The number of ether oxygens (including phenoxy) is 7. The highest BCUT2D eigenvalue weighted by Crippen LogP contribution is 2.38. The largest absolute Gasteiger partial charge is 0.497 e. The van der Waals surface area contributed by atoms with E-state index in [1.807, 2.05) is 153 Å². The topological polar surface area (TPSA) is 218 Å². The van der Waals surface area contributed by atoms with Gasteiger partial charge in [-0.3, -0.25) is 43.2 Å². The minimum Gasteiger partial charge on any atom is -0.497 e. The van der Waals surface area contributed by atoms with E-state index in [2.05, 4.69) is 25.1 Å². The molecule has 0 radical (unpaired) electrons. The molecule has 0 aliphatic carbocycles. The fraction of sp³-hybridized carbons (Fsp3) is 0.274. The number of carbonyl (C=O) groups is 9. The van der Waals surface area contributed by atoms with Gasteiger partial charge in [0, 0.05) is 61.2 Å². The molecule has 0 aromatic heterocycles. The Balaban J connectivity index is 0.000000432. The molecule has 0 bridgehead atoms. The van der Waals surface area contributed by atoms with E-state index < -0.39 is 0 Å². The Bertz CT molecular complexity index is 4730. The lowest BCUT2D eigenvalue weighted by molar-refractivity contribution is 0.100. The number of carbonyl (C=O) groups excluding carboxylic acids is 9. The average Bonchev–Trinajstić information content (AvgIpc) is 0.823. The Morgan fingerprint density at radius 1 is 0.292 bits per heavy atom. The highest BCUT2D eigenvalue weighted by molar-refractivity contribution is 6.35. The number of benzene rings is 10. The minimum atomic E-state index is -0.0718. The summed E-state index contributed by atoms with van der Waals surface area (Å²) in [7, 11) is 7.66. The number of hydrogen-bond acceptors (Lipinski definition) is 16. The van der Waals surface area contributed by atoms with Gasteiger partial charge < -0.3 is 33.2 Å². The van der Waals surface area contributed by atoms with Crippen molar-refractivity contribution in [2.24, 2.45) is 0 Å². The maximum atomic E-state index is 11.2. The van der Waals surface area contributed by atoms with Gasteiger partial charge in [0.2, 0.25) is 5.75 Å². The normalized spacial score (nSPS) is 9.72. The van der Waals surface area contributed by atoms with Crippen molar-refractivity contribution >= 4 is 75.3 Å². The SMILES string of the molecule is CC(=O)c1c(C)cc(C)cc1C.CC(=O)c1cc(C)c(C)c(C)c1.CC(=O)c1cc(C)cc(C)c1.CC(=O)c1cc(Cl)ccc1Cl.CC(=O)c1ccc(-c2ccccc2)cc1.CCOc1ccc(C(C)=O)cc1.CCOc1cccc(C(C)=O)c1.COc1cc(C(C)=O)cc(OC)c1OC.COc1cc(OC)cc(C(C)=O)c1. The van der Waals surface area contributed by atoms with E-state index in [0.717, 1.165) is 67.1 Å². The van der Waals surface area contributed by atoms with Gasteiger partial charge >= 0.3 is 0 Å². The molecule has 10 aromatic rings. The zero-order chi connectivity index (χ0) is 85.4. The number of aryl methyl sites for hydroxylation is 7. The van der Waals surface area contributed by atoms with Gasteiger partial charge in [-0.1, -0.05) is 125 Å². The van der Waals surface area contributed by atoms with E-state index in [4.69, 9.17) is 56.4 Å². The van der Waals surface area contributed by atoms with Gasteiger partial charge in [0.25, 0.3) is 0 Å². The number of Topliss-reactive ketones (excluding diaryl/α,β-unsaturated/α-hetero) is 9. The lowest BCUT2D eigenvalue weighted by atomic mass is 9.97. The van der Waals surface area contributed by atoms with Gasteiger partial charge in [-0.25, -0.2) is 0 Å². The van der Waals surface area contributed by atoms with E-state index in [9.17, 15) is 43.2 Å². The number of methoxy groups -OCH3 is 5. The van der Waals surface area contributed by atoms with Crippen molar-refractivity contribution in [1.29, 1.82) is 0 Å². The van der Waals surface area contributed by atoms with Crippen LogP contribution < -0.4 is 33.2 Å². The lowest BCUT2D eigenvalue weighted by Gasteiger charge is -2.12. The summed E-state index contributed by atoms with van der Waals surface area (Å²) >= 11 is 11.4. The van der Waals surface area contributed by atoms with Gasteiger partial charge in [-0.2, -0.15) is 0 Å². The van der Waals surface area contributed by atoms with Crippen molar-refractivity contribution in [2.75, 3.05) is 48.8 Å². The molecule has 0 heterocycles. The minimum absolute atomic E-state index is 0.00259. The van der Waals surface area contributed by atoms with Crippen molar-refractivity contribution in [3.05, 3.63) is 299 Å². The maximum Gasteiger partial charge on any atom is 0.203 e. The van der Waals surface area contributed by atoms with Crippen molar-refractivity contribution in [1.82, 2.24) is 0 Å². The summed E-state index contributed by atoms with van der Waals surface area (Å²) in [4.78, 5) is 99.3. The molecule has 10 aromatic carbocycles. The second-order valence-electron chi connectivity index (χ2n) is 25.9. The molecule has 18 heteroatoms. The molecule has 0 spiro atoms. The number of ketones is 9. The van der Waals surface area contributed by atoms with Gasteiger partial charge in [0.15, 0.2) is 63.5 Å². The monoisotopic (exact) mass is 1570 g/mol. The Labute approximate surface area is 678 Å². The molecule has 598 valence electrons. The molecule has 0 aliphatic heterocycles. The van der Waals surface area contributed by atoms with E-state index in [-0.39, 0.29) is 52.0 Å². The molecule has 0 saturated heterocycles. The predicted molar refractivity (Wildman–Crippen MR) is 456 cm³/mol. The summed E-state index contributed by atoms with van der Waals surface area (Å²) in [5.74, 6) is 4.85. The Morgan fingerprint density at radius 2 is 0.681 bits per heavy atom. The molecule has 0 atom stereocenters. The summed E-state index contributed by atoms with van der Waals surface area (Å²) in [6.45, 7) is 35.2. The first-order valence-corrected chi connectivity index (χ1v) is 37.0. The van der Waals surface area contributed by atoms with Crippen LogP contribution >= 0.6 is 23.2 Å². The molecular formula is C95H108Cl2O16. The van der Waals surface area contributed by atoms with Crippen LogP contribution in [0.4, 0.5) is 0 Å². The van der Waals surface area contributed by atoms with Crippen molar-refractivity contribution in [3.8, 4) is 51.4 Å². The summed E-state index contributed by atoms with van der Waals surface area (Å²) in [5.41, 5.74) is 17.9. The molecule has 0 unspecified atom stereocenters. The van der Waals surface area contributed by atoms with Crippen LogP contribution in [0.25, 0.3) is 11.1 Å². The van der Waals surface area contributed by atoms with E-state index >= 15 is 0 Å².